The highest BCUT2D eigenvalue weighted by Gasteiger charge is 2.14. The van der Waals surface area contributed by atoms with Gasteiger partial charge >= 0.3 is 0 Å². The second-order valence-corrected chi connectivity index (χ2v) is 5.45. The van der Waals surface area contributed by atoms with Crippen molar-refractivity contribution in [1.82, 2.24) is 9.78 Å². The van der Waals surface area contributed by atoms with E-state index in [0.717, 1.165) is 12.8 Å². The van der Waals surface area contributed by atoms with Crippen LogP contribution in [0.1, 0.15) is 30.3 Å². The highest BCUT2D eigenvalue weighted by atomic mass is 16.5. The summed E-state index contributed by atoms with van der Waals surface area (Å²) in [5.41, 5.74) is 0.554. The zero-order valence-corrected chi connectivity index (χ0v) is 13.4. The number of ether oxygens (including phenoxy) is 2. The van der Waals surface area contributed by atoms with E-state index in [1.807, 2.05) is 6.92 Å². The summed E-state index contributed by atoms with van der Waals surface area (Å²) in [5, 5.41) is 6.86. The van der Waals surface area contributed by atoms with Gasteiger partial charge in [-0.25, -0.2) is 4.68 Å². The third-order valence-electron chi connectivity index (χ3n) is 3.54. The fourth-order valence-corrected chi connectivity index (χ4v) is 2.38. The predicted octanol–water partition coefficient (Wildman–Crippen LogP) is 2.07. The van der Waals surface area contributed by atoms with Crippen molar-refractivity contribution in [2.75, 3.05) is 18.5 Å². The van der Waals surface area contributed by atoms with Gasteiger partial charge in [0, 0.05) is 30.8 Å². The van der Waals surface area contributed by atoms with Crippen molar-refractivity contribution in [3.8, 4) is 11.5 Å². The summed E-state index contributed by atoms with van der Waals surface area (Å²) in [6.07, 6.45) is 1.58. The molecule has 0 saturated heterocycles. The number of rotatable bonds is 4. The molecular weight excluding hydrogens is 310 g/mol. The molecule has 3 rings (SSSR count). The van der Waals surface area contributed by atoms with Crippen LogP contribution in [-0.2, 0) is 6.54 Å². The first kappa shape index (κ1) is 16.0. The smallest absolute Gasteiger partial charge is 0.276 e. The van der Waals surface area contributed by atoms with Gasteiger partial charge in [-0.2, -0.15) is 5.10 Å². The number of aryl methyl sites for hydroxylation is 1. The number of carbonyl (C=O) groups is 1. The van der Waals surface area contributed by atoms with E-state index in [-0.39, 0.29) is 17.2 Å². The maximum absolute atomic E-state index is 12.4. The van der Waals surface area contributed by atoms with Crippen molar-refractivity contribution in [3.63, 3.8) is 0 Å². The molecule has 1 amide bonds. The first-order chi connectivity index (χ1) is 11.7. The highest BCUT2D eigenvalue weighted by Crippen LogP contribution is 2.32. The first-order valence-corrected chi connectivity index (χ1v) is 7.96. The Balaban J connectivity index is 1.78. The fraction of sp³-hybridized carbons (Fsp3) is 0.353. The Bertz CT molecular complexity index is 801. The molecule has 2 heterocycles. The van der Waals surface area contributed by atoms with Crippen molar-refractivity contribution in [3.05, 3.63) is 46.4 Å². The molecule has 1 aliphatic rings. The first-order valence-electron chi connectivity index (χ1n) is 7.96. The summed E-state index contributed by atoms with van der Waals surface area (Å²) in [6.45, 7) is 3.61. The van der Waals surface area contributed by atoms with Crippen LogP contribution in [-0.4, -0.2) is 28.9 Å². The van der Waals surface area contributed by atoms with E-state index in [4.69, 9.17) is 9.47 Å². The van der Waals surface area contributed by atoms with Crippen LogP contribution in [0.4, 0.5) is 5.69 Å². The summed E-state index contributed by atoms with van der Waals surface area (Å²) in [5.74, 6) is 0.892. The maximum Gasteiger partial charge on any atom is 0.276 e. The largest absolute Gasteiger partial charge is 0.490 e. The number of carbonyl (C=O) groups excluding carboxylic acids is 1. The van der Waals surface area contributed by atoms with Crippen LogP contribution in [0.5, 0.6) is 11.5 Å². The number of aromatic nitrogens is 2. The molecule has 126 valence electrons. The molecule has 0 radical (unpaired) electrons. The van der Waals surface area contributed by atoms with E-state index in [2.05, 4.69) is 10.4 Å². The lowest BCUT2D eigenvalue weighted by Gasteiger charge is -2.10. The molecule has 1 N–H and O–H groups in total. The Morgan fingerprint density at radius 3 is 2.79 bits per heavy atom. The third kappa shape index (κ3) is 3.56. The Morgan fingerprint density at radius 1 is 1.21 bits per heavy atom. The third-order valence-corrected chi connectivity index (χ3v) is 3.54. The van der Waals surface area contributed by atoms with Crippen molar-refractivity contribution in [2.24, 2.45) is 0 Å². The normalized spacial score (nSPS) is 13.2. The second kappa shape index (κ2) is 7.16. The van der Waals surface area contributed by atoms with Crippen LogP contribution < -0.4 is 20.3 Å². The average Bonchev–Trinajstić information content (AvgIpc) is 2.82. The Labute approximate surface area is 139 Å². The highest BCUT2D eigenvalue weighted by molar-refractivity contribution is 6.02. The number of amides is 1. The number of hydrogen-bond acceptors (Lipinski definition) is 5. The summed E-state index contributed by atoms with van der Waals surface area (Å²) in [7, 11) is 0. The molecule has 0 aliphatic carbocycles. The summed E-state index contributed by atoms with van der Waals surface area (Å²) in [4.78, 5) is 24.0. The Hall–Kier alpha value is -2.83. The van der Waals surface area contributed by atoms with E-state index in [9.17, 15) is 9.59 Å². The van der Waals surface area contributed by atoms with Gasteiger partial charge in [-0.15, -0.1) is 0 Å². The van der Waals surface area contributed by atoms with Crippen LogP contribution in [0.25, 0.3) is 0 Å². The molecule has 0 fully saturated rings. The van der Waals surface area contributed by atoms with Crippen LogP contribution >= 0.6 is 0 Å². The zero-order chi connectivity index (χ0) is 16.9. The van der Waals surface area contributed by atoms with Gasteiger partial charge in [0.05, 0.1) is 13.2 Å². The fourth-order valence-electron chi connectivity index (χ4n) is 2.38. The minimum atomic E-state index is -0.380. The molecule has 0 spiro atoms. The molecule has 1 aromatic heterocycles. The van der Waals surface area contributed by atoms with Crippen LogP contribution in [0.3, 0.4) is 0 Å². The van der Waals surface area contributed by atoms with E-state index >= 15 is 0 Å². The van der Waals surface area contributed by atoms with Crippen molar-refractivity contribution in [2.45, 2.75) is 26.3 Å². The zero-order valence-electron chi connectivity index (χ0n) is 13.4. The molecule has 0 bridgehead atoms. The van der Waals surface area contributed by atoms with Gasteiger partial charge in [0.15, 0.2) is 11.5 Å². The van der Waals surface area contributed by atoms with E-state index < -0.39 is 0 Å². The van der Waals surface area contributed by atoms with Crippen molar-refractivity contribution < 1.29 is 14.3 Å². The monoisotopic (exact) mass is 329 g/mol. The lowest BCUT2D eigenvalue weighted by atomic mass is 10.2. The molecule has 1 aliphatic heterocycles. The number of hydrogen-bond donors (Lipinski definition) is 1. The Morgan fingerprint density at radius 2 is 2.00 bits per heavy atom. The predicted molar refractivity (Wildman–Crippen MR) is 88.8 cm³/mol. The topological polar surface area (TPSA) is 82.5 Å². The summed E-state index contributed by atoms with van der Waals surface area (Å²) < 4.78 is 12.5. The van der Waals surface area contributed by atoms with Gasteiger partial charge in [-0.1, -0.05) is 6.92 Å². The number of fused-ring (bicyclic) bond motifs is 1. The lowest BCUT2D eigenvalue weighted by Crippen LogP contribution is -2.26. The van der Waals surface area contributed by atoms with Crippen LogP contribution in [0, 0.1) is 0 Å². The average molecular weight is 329 g/mol. The molecule has 7 nitrogen and oxygen atoms in total. The minimum absolute atomic E-state index is 0.190. The van der Waals surface area contributed by atoms with Gasteiger partial charge in [0.25, 0.3) is 11.5 Å². The molecule has 0 saturated carbocycles. The van der Waals surface area contributed by atoms with E-state index in [1.165, 1.54) is 16.8 Å². The van der Waals surface area contributed by atoms with E-state index in [1.54, 1.807) is 18.2 Å². The Kier molecular flexibility index (Phi) is 4.79. The quantitative estimate of drug-likeness (QED) is 0.928. The minimum Gasteiger partial charge on any atom is -0.490 e. The molecule has 2 aromatic rings. The van der Waals surface area contributed by atoms with E-state index in [0.29, 0.717) is 36.9 Å². The van der Waals surface area contributed by atoms with Crippen molar-refractivity contribution >= 4 is 11.6 Å². The van der Waals surface area contributed by atoms with Gasteiger partial charge in [-0.05, 0) is 24.6 Å². The number of nitrogens with one attached hydrogen (secondary N) is 1. The molecular formula is C17H19N3O4. The molecule has 0 atom stereocenters. The molecule has 24 heavy (non-hydrogen) atoms. The van der Waals surface area contributed by atoms with Crippen molar-refractivity contribution in [1.29, 1.82) is 0 Å². The van der Waals surface area contributed by atoms with Gasteiger partial charge in [0.1, 0.15) is 5.69 Å². The molecule has 0 unspecified atom stereocenters. The molecule has 7 heteroatoms. The van der Waals surface area contributed by atoms with Gasteiger partial charge in [0.2, 0.25) is 0 Å². The number of anilines is 1. The standard InChI is InChI=1S/C17H19N3O4/c1-2-8-20-16(21)7-5-13(19-20)17(22)18-12-4-6-14-15(11-12)24-10-3-9-23-14/h4-7,11H,2-3,8-10H2,1H3,(H,18,22). The van der Waals surface area contributed by atoms with Crippen LogP contribution in [0.2, 0.25) is 0 Å². The summed E-state index contributed by atoms with van der Waals surface area (Å²) in [6, 6.07) is 8.01. The summed E-state index contributed by atoms with van der Waals surface area (Å²) >= 11 is 0. The van der Waals surface area contributed by atoms with Gasteiger partial charge in [-0.3, -0.25) is 9.59 Å². The maximum atomic E-state index is 12.4. The second-order valence-electron chi connectivity index (χ2n) is 5.45. The van der Waals surface area contributed by atoms with Gasteiger partial charge < -0.3 is 14.8 Å². The number of nitrogens with zero attached hydrogens (tertiary/aromatic N) is 2. The van der Waals surface area contributed by atoms with Crippen LogP contribution in [0.15, 0.2) is 35.1 Å². The lowest BCUT2D eigenvalue weighted by molar-refractivity contribution is 0.101. The SMILES string of the molecule is CCCn1nc(C(=O)Nc2ccc3c(c2)OCCCO3)ccc1=O. The number of benzene rings is 1. The molecule has 1 aromatic carbocycles.